The second kappa shape index (κ2) is 10.5. The van der Waals surface area contributed by atoms with Gasteiger partial charge in [-0.15, -0.1) is 0 Å². The Balaban J connectivity index is 2.05. The van der Waals surface area contributed by atoms with Crippen molar-refractivity contribution >= 4 is 50.8 Å². The summed E-state index contributed by atoms with van der Waals surface area (Å²) in [5.41, 5.74) is -0.0376. The molecule has 0 amide bonds. The van der Waals surface area contributed by atoms with Gasteiger partial charge in [-0.1, -0.05) is 48.7 Å². The molecule has 0 unspecified atom stereocenters. The molecule has 0 atom stereocenters. The zero-order valence-electron chi connectivity index (χ0n) is 15.8. The maximum absolute atomic E-state index is 12.6. The first kappa shape index (κ1) is 23.8. The quantitative estimate of drug-likeness (QED) is 0.376. The van der Waals surface area contributed by atoms with Crippen molar-refractivity contribution in [2.24, 2.45) is 0 Å². The van der Waals surface area contributed by atoms with Gasteiger partial charge in [0, 0.05) is 18.1 Å². The van der Waals surface area contributed by atoms with Gasteiger partial charge in [-0.3, -0.25) is 0 Å². The molecule has 0 bridgehead atoms. The standard InChI is InChI=1S/C19H20Cl3NO5S/c1-3-23(4-2)29(25,26)14-6-7-16(21)15(12-14)19(24)28-10-9-27-18-8-5-13(20)11-17(18)22/h5-8,11-12H,3-4,9-10H2,1-2H3. The molecular weight excluding hydrogens is 461 g/mol. The SMILES string of the molecule is CCN(CC)S(=O)(=O)c1ccc(Cl)c(C(=O)OCCOc2ccc(Cl)cc2Cl)c1. The molecular formula is C19H20Cl3NO5S. The predicted octanol–water partition coefficient (Wildman–Crippen LogP) is 4.91. The molecule has 0 aliphatic carbocycles. The van der Waals surface area contributed by atoms with E-state index < -0.39 is 16.0 Å². The van der Waals surface area contributed by atoms with Crippen LogP contribution in [0.1, 0.15) is 24.2 Å². The summed E-state index contributed by atoms with van der Waals surface area (Å²) in [6.07, 6.45) is 0. The number of ether oxygens (including phenoxy) is 2. The molecule has 0 aliphatic rings. The van der Waals surface area contributed by atoms with Crippen molar-refractivity contribution in [1.82, 2.24) is 4.31 Å². The lowest BCUT2D eigenvalue weighted by Crippen LogP contribution is -2.30. The zero-order chi connectivity index (χ0) is 21.6. The van der Waals surface area contributed by atoms with Crippen molar-refractivity contribution in [3.63, 3.8) is 0 Å². The summed E-state index contributed by atoms with van der Waals surface area (Å²) in [6, 6.07) is 8.69. The first-order valence-electron chi connectivity index (χ1n) is 8.75. The van der Waals surface area contributed by atoms with Gasteiger partial charge in [-0.2, -0.15) is 4.31 Å². The van der Waals surface area contributed by atoms with Crippen molar-refractivity contribution in [3.05, 3.63) is 57.0 Å². The van der Waals surface area contributed by atoms with Crippen molar-refractivity contribution in [3.8, 4) is 5.75 Å². The highest BCUT2D eigenvalue weighted by Crippen LogP contribution is 2.27. The van der Waals surface area contributed by atoms with Crippen LogP contribution in [0.5, 0.6) is 5.75 Å². The van der Waals surface area contributed by atoms with Gasteiger partial charge in [0.1, 0.15) is 19.0 Å². The molecule has 0 N–H and O–H groups in total. The summed E-state index contributed by atoms with van der Waals surface area (Å²) in [5.74, 6) is -0.352. The Hall–Kier alpha value is -1.51. The van der Waals surface area contributed by atoms with Crippen LogP contribution in [-0.4, -0.2) is 45.0 Å². The van der Waals surface area contributed by atoms with E-state index in [4.69, 9.17) is 44.3 Å². The molecule has 0 fully saturated rings. The highest BCUT2D eigenvalue weighted by molar-refractivity contribution is 7.89. The average molecular weight is 481 g/mol. The minimum atomic E-state index is -3.73. The van der Waals surface area contributed by atoms with E-state index in [0.717, 1.165) is 0 Å². The van der Waals surface area contributed by atoms with Crippen molar-refractivity contribution in [1.29, 1.82) is 0 Å². The Kier molecular flexibility index (Phi) is 8.60. The number of halogens is 3. The Labute approximate surface area is 185 Å². The number of carbonyl (C=O) groups is 1. The van der Waals surface area contributed by atoms with E-state index in [1.165, 1.54) is 28.6 Å². The first-order chi connectivity index (χ1) is 13.7. The van der Waals surface area contributed by atoms with E-state index in [0.29, 0.717) is 28.9 Å². The third-order valence-corrected chi connectivity index (χ3v) is 6.87. The van der Waals surface area contributed by atoms with Crippen LogP contribution in [0.2, 0.25) is 15.1 Å². The van der Waals surface area contributed by atoms with Crippen LogP contribution >= 0.6 is 34.8 Å². The third-order valence-electron chi connectivity index (χ3n) is 3.97. The van der Waals surface area contributed by atoms with Crippen molar-refractivity contribution in [2.45, 2.75) is 18.7 Å². The van der Waals surface area contributed by atoms with Gasteiger partial charge in [0.25, 0.3) is 0 Å². The second-order valence-corrected chi connectivity index (χ2v) is 8.98. The number of esters is 1. The molecule has 29 heavy (non-hydrogen) atoms. The van der Waals surface area contributed by atoms with Crippen LogP contribution < -0.4 is 4.74 Å². The van der Waals surface area contributed by atoms with Crippen LogP contribution in [0.3, 0.4) is 0 Å². The van der Waals surface area contributed by atoms with E-state index in [9.17, 15) is 13.2 Å². The van der Waals surface area contributed by atoms with E-state index in [1.807, 2.05) is 0 Å². The Morgan fingerprint density at radius 2 is 1.66 bits per heavy atom. The van der Waals surface area contributed by atoms with E-state index >= 15 is 0 Å². The highest BCUT2D eigenvalue weighted by Gasteiger charge is 2.24. The van der Waals surface area contributed by atoms with E-state index in [2.05, 4.69) is 0 Å². The summed E-state index contributed by atoms with van der Waals surface area (Å²) in [6.45, 7) is 4.05. The van der Waals surface area contributed by atoms with Crippen molar-refractivity contribution < 1.29 is 22.7 Å². The van der Waals surface area contributed by atoms with Crippen LogP contribution in [0.4, 0.5) is 0 Å². The molecule has 0 saturated carbocycles. The largest absolute Gasteiger partial charge is 0.488 e. The molecule has 0 spiro atoms. The predicted molar refractivity (Wildman–Crippen MR) is 114 cm³/mol. The molecule has 0 radical (unpaired) electrons. The summed E-state index contributed by atoms with van der Waals surface area (Å²) in [7, 11) is -3.73. The highest BCUT2D eigenvalue weighted by atomic mass is 35.5. The number of sulfonamides is 1. The van der Waals surface area contributed by atoms with Gasteiger partial charge in [-0.25, -0.2) is 13.2 Å². The van der Waals surface area contributed by atoms with Crippen LogP contribution in [-0.2, 0) is 14.8 Å². The second-order valence-electron chi connectivity index (χ2n) is 5.79. The monoisotopic (exact) mass is 479 g/mol. The summed E-state index contributed by atoms with van der Waals surface area (Å²) >= 11 is 17.9. The maximum atomic E-state index is 12.6. The van der Waals surface area contributed by atoms with Gasteiger partial charge >= 0.3 is 5.97 Å². The molecule has 0 aliphatic heterocycles. The van der Waals surface area contributed by atoms with Gasteiger partial charge < -0.3 is 9.47 Å². The zero-order valence-corrected chi connectivity index (χ0v) is 18.9. The smallest absolute Gasteiger partial charge is 0.339 e. The summed E-state index contributed by atoms with van der Waals surface area (Å²) in [4.78, 5) is 12.3. The number of hydrogen-bond acceptors (Lipinski definition) is 5. The first-order valence-corrected chi connectivity index (χ1v) is 11.3. The number of carbonyl (C=O) groups excluding carboxylic acids is 1. The third kappa shape index (κ3) is 5.99. The molecule has 2 rings (SSSR count). The number of rotatable bonds is 9. The Morgan fingerprint density at radius 1 is 0.966 bits per heavy atom. The van der Waals surface area contributed by atoms with Gasteiger partial charge in [0.15, 0.2) is 0 Å². The lowest BCUT2D eigenvalue weighted by molar-refractivity contribution is 0.0450. The van der Waals surface area contributed by atoms with Gasteiger partial charge in [-0.05, 0) is 36.4 Å². The molecule has 0 heterocycles. The molecule has 158 valence electrons. The Bertz CT molecular complexity index is 978. The average Bonchev–Trinajstić information content (AvgIpc) is 2.67. The molecule has 6 nitrogen and oxygen atoms in total. The molecule has 0 aromatic heterocycles. The fourth-order valence-electron chi connectivity index (χ4n) is 2.49. The van der Waals surface area contributed by atoms with Crippen molar-refractivity contribution in [2.75, 3.05) is 26.3 Å². The fourth-order valence-corrected chi connectivity index (χ4v) is 4.63. The number of benzene rings is 2. The number of hydrogen-bond donors (Lipinski definition) is 0. The fraction of sp³-hybridized carbons (Fsp3) is 0.316. The van der Waals surface area contributed by atoms with E-state index in [-0.39, 0.29) is 28.7 Å². The summed E-state index contributed by atoms with van der Waals surface area (Å²) in [5, 5.41) is 0.902. The molecule has 2 aromatic carbocycles. The normalized spacial score (nSPS) is 11.5. The lowest BCUT2D eigenvalue weighted by atomic mass is 10.2. The number of nitrogens with zero attached hydrogens (tertiary/aromatic N) is 1. The van der Waals surface area contributed by atoms with Crippen LogP contribution in [0.25, 0.3) is 0 Å². The minimum Gasteiger partial charge on any atom is -0.488 e. The molecule has 10 heteroatoms. The van der Waals surface area contributed by atoms with E-state index in [1.54, 1.807) is 26.0 Å². The van der Waals surface area contributed by atoms with Gasteiger partial charge in [0.2, 0.25) is 10.0 Å². The van der Waals surface area contributed by atoms with Crippen LogP contribution in [0, 0.1) is 0 Å². The minimum absolute atomic E-state index is 0.0262. The van der Waals surface area contributed by atoms with Crippen LogP contribution in [0.15, 0.2) is 41.3 Å². The van der Waals surface area contributed by atoms with Gasteiger partial charge in [0.05, 0.1) is 20.5 Å². The molecule has 2 aromatic rings. The molecule has 0 saturated heterocycles. The topological polar surface area (TPSA) is 72.9 Å². The summed E-state index contributed by atoms with van der Waals surface area (Å²) < 4.78 is 37.2. The maximum Gasteiger partial charge on any atom is 0.339 e. The Morgan fingerprint density at radius 3 is 2.28 bits per heavy atom. The lowest BCUT2D eigenvalue weighted by Gasteiger charge is -2.19.